The molecule has 6 rings (SSSR count). The normalized spacial score (nSPS) is 21.2. The maximum atomic E-state index is 12.8. The molecule has 3 aromatic heterocycles. The Hall–Kier alpha value is -3.77. The van der Waals surface area contributed by atoms with E-state index < -0.39 is 0 Å². The number of anilines is 1. The van der Waals surface area contributed by atoms with Gasteiger partial charge in [0.2, 0.25) is 0 Å². The van der Waals surface area contributed by atoms with Gasteiger partial charge in [-0.1, -0.05) is 19.9 Å². The van der Waals surface area contributed by atoms with Gasteiger partial charge >= 0.3 is 5.69 Å². The van der Waals surface area contributed by atoms with E-state index >= 15 is 0 Å². The molecule has 0 radical (unpaired) electrons. The molecule has 1 aromatic carbocycles. The van der Waals surface area contributed by atoms with Crippen molar-refractivity contribution in [3.05, 3.63) is 58.0 Å². The molecule has 0 spiro atoms. The molecular weight excluding hydrogens is 478 g/mol. The first-order valence-electron chi connectivity index (χ1n) is 13.6. The number of pyridine rings is 1. The van der Waals surface area contributed by atoms with Gasteiger partial charge in [0, 0.05) is 44.2 Å². The van der Waals surface area contributed by atoms with Crippen molar-refractivity contribution in [1.82, 2.24) is 24.4 Å². The van der Waals surface area contributed by atoms with Gasteiger partial charge in [-0.15, -0.1) is 0 Å². The average molecular weight is 512 g/mol. The van der Waals surface area contributed by atoms with E-state index in [0.717, 1.165) is 42.9 Å². The van der Waals surface area contributed by atoms with Gasteiger partial charge in [-0.2, -0.15) is 10.2 Å². The lowest BCUT2D eigenvalue weighted by atomic mass is 9.97. The second kappa shape index (κ2) is 9.52. The number of hydrogen-bond acceptors (Lipinski definition) is 8. The molecule has 9 heteroatoms. The summed E-state index contributed by atoms with van der Waals surface area (Å²) in [4.78, 5) is 31.5. The fraction of sp³-hybridized carbons (Fsp3) is 0.483. The number of nitrogens with zero attached hydrogens (tertiary/aromatic N) is 7. The Bertz CT molecular complexity index is 1610. The van der Waals surface area contributed by atoms with Gasteiger partial charge in [0.1, 0.15) is 22.8 Å². The number of oxazole rings is 1. The van der Waals surface area contributed by atoms with Gasteiger partial charge in [0.15, 0.2) is 17.3 Å². The van der Waals surface area contributed by atoms with Crippen molar-refractivity contribution < 1.29 is 4.42 Å². The van der Waals surface area contributed by atoms with Crippen LogP contribution in [-0.4, -0.2) is 49.6 Å². The molecule has 2 aliphatic rings. The molecule has 38 heavy (non-hydrogen) atoms. The minimum absolute atomic E-state index is 0.146. The fourth-order valence-electron chi connectivity index (χ4n) is 5.81. The number of aryl methyl sites for hydroxylation is 1. The van der Waals surface area contributed by atoms with E-state index in [1.165, 1.54) is 23.0 Å². The molecule has 196 valence electrons. The van der Waals surface area contributed by atoms with Crippen LogP contribution >= 0.6 is 0 Å². The van der Waals surface area contributed by atoms with Gasteiger partial charge in [-0.05, 0) is 62.4 Å². The Kier molecular flexibility index (Phi) is 6.15. The topological polar surface area (TPSA) is 104 Å². The lowest BCUT2D eigenvalue weighted by Crippen LogP contribution is -2.59. The number of benzene rings is 1. The molecular formula is C29H33N7O2. The summed E-state index contributed by atoms with van der Waals surface area (Å²) in [5, 5.41) is 9.47. The third-order valence-electron chi connectivity index (χ3n) is 8.34. The summed E-state index contributed by atoms with van der Waals surface area (Å²) in [7, 11) is 1.69. The van der Waals surface area contributed by atoms with E-state index in [0.29, 0.717) is 28.5 Å². The van der Waals surface area contributed by atoms with Crippen LogP contribution in [0.5, 0.6) is 0 Å². The summed E-state index contributed by atoms with van der Waals surface area (Å²) in [5.41, 5.74) is 4.31. The van der Waals surface area contributed by atoms with Gasteiger partial charge in [0.25, 0.3) is 0 Å². The smallest absolute Gasteiger partial charge is 0.349 e. The van der Waals surface area contributed by atoms with E-state index in [4.69, 9.17) is 9.40 Å². The number of fused-ring (bicyclic) bond motifs is 2. The molecule has 2 unspecified atom stereocenters. The van der Waals surface area contributed by atoms with Crippen LogP contribution in [-0.2, 0) is 7.05 Å². The molecule has 1 saturated heterocycles. The highest BCUT2D eigenvalue weighted by Crippen LogP contribution is 2.41. The predicted octanol–water partition coefficient (Wildman–Crippen LogP) is 4.66. The van der Waals surface area contributed by atoms with E-state index in [-0.39, 0.29) is 23.8 Å². The summed E-state index contributed by atoms with van der Waals surface area (Å²) < 4.78 is 7.49. The number of nitriles is 1. The molecule has 2 fully saturated rings. The molecule has 3 atom stereocenters. The highest BCUT2D eigenvalue weighted by Gasteiger charge is 2.37. The van der Waals surface area contributed by atoms with Crippen molar-refractivity contribution in [3.63, 3.8) is 0 Å². The first kappa shape index (κ1) is 24.6. The van der Waals surface area contributed by atoms with Crippen LogP contribution in [0.1, 0.15) is 75.6 Å². The van der Waals surface area contributed by atoms with Gasteiger partial charge < -0.3 is 9.32 Å². The lowest BCUT2D eigenvalue weighted by Gasteiger charge is -2.49. The summed E-state index contributed by atoms with van der Waals surface area (Å²) >= 11 is 0. The van der Waals surface area contributed by atoms with Crippen molar-refractivity contribution in [2.45, 2.75) is 70.5 Å². The van der Waals surface area contributed by atoms with Gasteiger partial charge in [0.05, 0.1) is 5.52 Å². The Balaban J connectivity index is 1.34. The third kappa shape index (κ3) is 4.13. The predicted molar refractivity (Wildman–Crippen MR) is 146 cm³/mol. The van der Waals surface area contributed by atoms with Crippen LogP contribution in [0.25, 0.3) is 22.1 Å². The van der Waals surface area contributed by atoms with Crippen LogP contribution in [0, 0.1) is 11.3 Å². The molecule has 0 amide bonds. The molecule has 1 aliphatic carbocycles. The molecule has 1 aliphatic heterocycles. The number of hydrogen-bond donors (Lipinski definition) is 0. The highest BCUT2D eigenvalue weighted by molar-refractivity contribution is 5.86. The first-order valence-corrected chi connectivity index (χ1v) is 13.6. The van der Waals surface area contributed by atoms with Crippen molar-refractivity contribution in [3.8, 4) is 6.07 Å². The van der Waals surface area contributed by atoms with Crippen molar-refractivity contribution in [1.29, 1.82) is 5.26 Å². The van der Waals surface area contributed by atoms with E-state index in [1.807, 2.05) is 0 Å². The van der Waals surface area contributed by atoms with Crippen molar-refractivity contribution in [2.75, 3.05) is 18.0 Å². The average Bonchev–Trinajstić information content (AvgIpc) is 3.71. The summed E-state index contributed by atoms with van der Waals surface area (Å²) in [6.07, 6.45) is 4.18. The van der Waals surface area contributed by atoms with Gasteiger partial charge in [-0.3, -0.25) is 9.47 Å². The molecule has 9 nitrogen and oxygen atoms in total. The molecule has 0 N–H and O–H groups in total. The number of rotatable bonds is 6. The molecule has 1 saturated carbocycles. The van der Waals surface area contributed by atoms with Crippen molar-refractivity contribution in [2.24, 2.45) is 7.05 Å². The zero-order chi connectivity index (χ0) is 26.6. The maximum Gasteiger partial charge on any atom is 0.349 e. The SMILES string of the molecule is CCC1CN(c2nc(=O)n(C)c3ccc(C#N)nc23)[C@@H](CC)CN1C(C)c1ccc2oc(C3CC3)nc2c1. The Morgan fingerprint density at radius 1 is 1.08 bits per heavy atom. The largest absolute Gasteiger partial charge is 0.440 e. The van der Waals surface area contributed by atoms with E-state index in [2.05, 4.69) is 64.8 Å². The zero-order valence-electron chi connectivity index (χ0n) is 22.4. The van der Waals surface area contributed by atoms with Gasteiger partial charge in [-0.25, -0.2) is 14.8 Å². The number of aromatic nitrogens is 4. The molecule has 4 aromatic rings. The Morgan fingerprint density at radius 3 is 2.58 bits per heavy atom. The molecule has 0 bridgehead atoms. The third-order valence-corrected chi connectivity index (χ3v) is 8.34. The van der Waals surface area contributed by atoms with Crippen LogP contribution < -0.4 is 10.6 Å². The molecule has 4 heterocycles. The lowest BCUT2D eigenvalue weighted by molar-refractivity contribution is 0.101. The second-order valence-electron chi connectivity index (χ2n) is 10.7. The van der Waals surface area contributed by atoms with Crippen LogP contribution in [0.2, 0.25) is 0 Å². The van der Waals surface area contributed by atoms with Crippen LogP contribution in [0.4, 0.5) is 5.82 Å². The van der Waals surface area contributed by atoms with Crippen molar-refractivity contribution >= 4 is 28.0 Å². The monoisotopic (exact) mass is 511 g/mol. The zero-order valence-corrected chi connectivity index (χ0v) is 22.4. The quantitative estimate of drug-likeness (QED) is 0.368. The minimum atomic E-state index is -0.316. The number of piperazine rings is 1. The minimum Gasteiger partial charge on any atom is -0.440 e. The summed E-state index contributed by atoms with van der Waals surface area (Å²) in [6.45, 7) is 8.20. The Labute approximate surface area is 221 Å². The second-order valence-corrected chi connectivity index (χ2v) is 10.7. The van der Waals surface area contributed by atoms with Crippen LogP contribution in [0.15, 0.2) is 39.5 Å². The summed E-state index contributed by atoms with van der Waals surface area (Å²) in [5.74, 6) is 1.94. The van der Waals surface area contributed by atoms with E-state index in [9.17, 15) is 10.1 Å². The maximum absolute atomic E-state index is 12.8. The first-order chi connectivity index (χ1) is 18.4. The van der Waals surface area contributed by atoms with Crippen LogP contribution in [0.3, 0.4) is 0 Å². The standard InChI is InChI=1S/C29H33N7O2/c1-5-21-16-36(27-26-24(34(4)29(37)33-27)11-10-20(14-30)31-26)22(6-2)15-35(21)17(3)19-9-12-25-23(13-19)32-28(38-25)18-7-8-18/h9-13,17-18,21-22H,5-8,15-16H2,1-4H3/t17?,21?,22-/m0/s1. The van der Waals surface area contributed by atoms with E-state index in [1.54, 1.807) is 19.2 Å². The fourth-order valence-corrected chi connectivity index (χ4v) is 5.81. The highest BCUT2D eigenvalue weighted by atomic mass is 16.3. The summed E-state index contributed by atoms with van der Waals surface area (Å²) in [6, 6.07) is 12.6. The Morgan fingerprint density at radius 2 is 1.87 bits per heavy atom.